The number of nitrogens with zero attached hydrogens (tertiary/aromatic N) is 1. The zero-order valence-corrected chi connectivity index (χ0v) is 19.8. The Morgan fingerprint density at radius 3 is 2.56 bits per heavy atom. The molecule has 7 heteroatoms. The lowest BCUT2D eigenvalue weighted by molar-refractivity contribution is -0.142. The molecular formula is C25H38N4O3. The molecule has 1 fully saturated rings. The van der Waals surface area contributed by atoms with E-state index in [4.69, 9.17) is 0 Å². The van der Waals surface area contributed by atoms with Crippen molar-refractivity contribution in [1.29, 1.82) is 0 Å². The number of rotatable bonds is 8. The Labute approximate surface area is 191 Å². The summed E-state index contributed by atoms with van der Waals surface area (Å²) < 4.78 is 0. The largest absolute Gasteiger partial charge is 0.347 e. The number of likely N-dealkylation sites (N-methyl/N-ethyl adjacent to an activating group) is 1. The van der Waals surface area contributed by atoms with Crippen molar-refractivity contribution < 1.29 is 14.4 Å². The molecular weight excluding hydrogens is 404 g/mol. The van der Waals surface area contributed by atoms with Gasteiger partial charge in [0.15, 0.2) is 0 Å². The summed E-state index contributed by atoms with van der Waals surface area (Å²) in [5.74, 6) is -0.207. The van der Waals surface area contributed by atoms with Crippen molar-refractivity contribution in [2.24, 2.45) is 5.92 Å². The van der Waals surface area contributed by atoms with Gasteiger partial charge in [0.2, 0.25) is 17.7 Å². The fraction of sp³-hybridized carbons (Fsp3) is 0.640. The molecule has 1 aromatic rings. The second-order valence-electron chi connectivity index (χ2n) is 9.54. The van der Waals surface area contributed by atoms with Gasteiger partial charge < -0.3 is 20.9 Å². The van der Waals surface area contributed by atoms with Crippen molar-refractivity contribution in [1.82, 2.24) is 20.9 Å². The fourth-order valence-electron chi connectivity index (χ4n) is 4.80. The van der Waals surface area contributed by atoms with E-state index in [0.29, 0.717) is 19.4 Å². The molecule has 1 aliphatic heterocycles. The highest BCUT2D eigenvalue weighted by Gasteiger charge is 2.39. The quantitative estimate of drug-likeness (QED) is 0.576. The second-order valence-corrected chi connectivity index (χ2v) is 9.54. The maximum atomic E-state index is 13.4. The van der Waals surface area contributed by atoms with Gasteiger partial charge in [0.1, 0.15) is 12.1 Å². The third-order valence-corrected chi connectivity index (χ3v) is 6.67. The van der Waals surface area contributed by atoms with E-state index >= 15 is 0 Å². The number of nitrogens with one attached hydrogen (secondary N) is 3. The average Bonchev–Trinajstić information content (AvgIpc) is 3.27. The summed E-state index contributed by atoms with van der Waals surface area (Å²) in [4.78, 5) is 40.8. The standard InChI is InChI=1S/C25H38N4O3/c1-16(2)15-21(28-23(30)17(3)26-4)25(32)29-14-8-13-22(29)24(31)27-20-12-7-10-18-9-5-6-11-19(18)20/h5-6,9,11,16-17,20-22,26H,7-8,10,12-15H2,1-4H3,(H,27,31)(H,28,30)/t17-,20?,21-,22-/m0/s1. The molecule has 1 unspecified atom stereocenters. The highest BCUT2D eigenvalue weighted by Crippen LogP contribution is 2.30. The van der Waals surface area contributed by atoms with Crippen LogP contribution in [-0.2, 0) is 20.8 Å². The van der Waals surface area contributed by atoms with Crippen LogP contribution in [-0.4, -0.2) is 54.3 Å². The third kappa shape index (κ3) is 5.68. The molecule has 0 bridgehead atoms. The number of carbonyl (C=O) groups is 3. The van der Waals surface area contributed by atoms with Gasteiger partial charge in [0.25, 0.3) is 0 Å². The van der Waals surface area contributed by atoms with Crippen LogP contribution in [0.3, 0.4) is 0 Å². The molecule has 0 radical (unpaired) electrons. The van der Waals surface area contributed by atoms with Crippen molar-refractivity contribution in [2.75, 3.05) is 13.6 Å². The van der Waals surface area contributed by atoms with E-state index in [1.165, 1.54) is 11.1 Å². The first-order chi connectivity index (χ1) is 15.3. The lowest BCUT2D eigenvalue weighted by Crippen LogP contribution is -2.56. The van der Waals surface area contributed by atoms with Crippen LogP contribution in [0.25, 0.3) is 0 Å². The zero-order chi connectivity index (χ0) is 23.3. The number of fused-ring (bicyclic) bond motifs is 1. The van der Waals surface area contributed by atoms with E-state index in [1.54, 1.807) is 18.9 Å². The van der Waals surface area contributed by atoms with Gasteiger partial charge in [-0.2, -0.15) is 0 Å². The average molecular weight is 443 g/mol. The molecule has 1 heterocycles. The number of likely N-dealkylation sites (tertiary alicyclic amines) is 1. The summed E-state index contributed by atoms with van der Waals surface area (Å²) in [6.07, 6.45) is 4.99. The van der Waals surface area contributed by atoms with Crippen molar-refractivity contribution in [2.45, 2.75) is 83.5 Å². The van der Waals surface area contributed by atoms with E-state index in [9.17, 15) is 14.4 Å². The first-order valence-electron chi connectivity index (χ1n) is 12.0. The Morgan fingerprint density at radius 1 is 1.09 bits per heavy atom. The Bertz CT molecular complexity index is 825. The van der Waals surface area contributed by atoms with E-state index in [0.717, 1.165) is 25.7 Å². The van der Waals surface area contributed by atoms with Crippen molar-refractivity contribution in [3.63, 3.8) is 0 Å². The number of hydrogen-bond donors (Lipinski definition) is 3. The highest BCUT2D eigenvalue weighted by atomic mass is 16.2. The topological polar surface area (TPSA) is 90.5 Å². The molecule has 1 saturated heterocycles. The number of amides is 3. The zero-order valence-electron chi connectivity index (χ0n) is 19.8. The molecule has 0 aromatic heterocycles. The lowest BCUT2D eigenvalue weighted by Gasteiger charge is -2.32. The molecule has 1 aliphatic carbocycles. The summed E-state index contributed by atoms with van der Waals surface area (Å²) in [5.41, 5.74) is 2.48. The van der Waals surface area contributed by atoms with Crippen LogP contribution in [0.4, 0.5) is 0 Å². The Morgan fingerprint density at radius 2 is 1.84 bits per heavy atom. The SMILES string of the molecule is CN[C@@H](C)C(=O)N[C@@H](CC(C)C)C(=O)N1CCC[C@H]1C(=O)NC1CCCc2ccccc21. The van der Waals surface area contributed by atoms with E-state index in [1.807, 2.05) is 26.0 Å². The van der Waals surface area contributed by atoms with Crippen LogP contribution >= 0.6 is 0 Å². The second kappa shape index (κ2) is 10.9. The van der Waals surface area contributed by atoms with Crippen molar-refractivity contribution in [3.8, 4) is 0 Å². The van der Waals surface area contributed by atoms with Gasteiger partial charge in [-0.3, -0.25) is 14.4 Å². The molecule has 0 saturated carbocycles. The van der Waals surface area contributed by atoms with Crippen LogP contribution in [0.1, 0.15) is 70.0 Å². The van der Waals surface area contributed by atoms with Gasteiger partial charge in [-0.25, -0.2) is 0 Å². The number of aryl methyl sites for hydroxylation is 1. The van der Waals surface area contributed by atoms with E-state index < -0.39 is 12.1 Å². The van der Waals surface area contributed by atoms with Crippen LogP contribution in [0.15, 0.2) is 24.3 Å². The van der Waals surface area contributed by atoms with E-state index in [2.05, 4.69) is 28.1 Å². The van der Waals surface area contributed by atoms with Gasteiger partial charge in [-0.15, -0.1) is 0 Å². The number of carbonyl (C=O) groups excluding carboxylic acids is 3. The van der Waals surface area contributed by atoms with Crippen LogP contribution in [0, 0.1) is 5.92 Å². The summed E-state index contributed by atoms with van der Waals surface area (Å²) in [6.45, 7) is 6.37. The molecule has 4 atom stereocenters. The fourth-order valence-corrected chi connectivity index (χ4v) is 4.80. The summed E-state index contributed by atoms with van der Waals surface area (Å²) >= 11 is 0. The summed E-state index contributed by atoms with van der Waals surface area (Å²) in [5, 5.41) is 9.04. The van der Waals surface area contributed by atoms with Gasteiger partial charge in [-0.1, -0.05) is 38.1 Å². The Hall–Kier alpha value is -2.41. The monoisotopic (exact) mass is 442 g/mol. The number of hydrogen-bond acceptors (Lipinski definition) is 4. The molecule has 1 aromatic carbocycles. The number of benzene rings is 1. The van der Waals surface area contributed by atoms with E-state index in [-0.39, 0.29) is 35.7 Å². The first-order valence-corrected chi connectivity index (χ1v) is 12.0. The van der Waals surface area contributed by atoms with Gasteiger partial charge in [0.05, 0.1) is 12.1 Å². The predicted molar refractivity (Wildman–Crippen MR) is 125 cm³/mol. The van der Waals surface area contributed by atoms with Crippen molar-refractivity contribution in [3.05, 3.63) is 35.4 Å². The summed E-state index contributed by atoms with van der Waals surface area (Å²) in [7, 11) is 1.72. The lowest BCUT2D eigenvalue weighted by atomic mass is 9.87. The van der Waals surface area contributed by atoms with Crippen molar-refractivity contribution >= 4 is 17.7 Å². The van der Waals surface area contributed by atoms with Gasteiger partial charge in [0, 0.05) is 6.54 Å². The Balaban J connectivity index is 1.70. The van der Waals surface area contributed by atoms with Crippen LogP contribution in [0.5, 0.6) is 0 Å². The normalized spacial score (nSPS) is 22.2. The predicted octanol–water partition coefficient (Wildman–Crippen LogP) is 2.31. The smallest absolute Gasteiger partial charge is 0.245 e. The molecule has 176 valence electrons. The highest BCUT2D eigenvalue weighted by molar-refractivity contribution is 5.93. The van der Waals surface area contributed by atoms with Crippen LogP contribution < -0.4 is 16.0 Å². The molecule has 7 nitrogen and oxygen atoms in total. The molecule has 3 amide bonds. The van der Waals surface area contributed by atoms with Gasteiger partial charge in [-0.05, 0) is 69.5 Å². The summed E-state index contributed by atoms with van der Waals surface area (Å²) in [6, 6.07) is 6.78. The maximum absolute atomic E-state index is 13.4. The van der Waals surface area contributed by atoms with Gasteiger partial charge >= 0.3 is 0 Å². The molecule has 0 spiro atoms. The molecule has 3 N–H and O–H groups in total. The van der Waals surface area contributed by atoms with Crippen LogP contribution in [0.2, 0.25) is 0 Å². The first kappa shape index (κ1) is 24.2. The molecule has 3 rings (SSSR count). The molecule has 2 aliphatic rings. The molecule has 32 heavy (non-hydrogen) atoms. The minimum Gasteiger partial charge on any atom is -0.347 e. The minimum absolute atomic E-state index is 0.00681. The minimum atomic E-state index is -0.623. The third-order valence-electron chi connectivity index (χ3n) is 6.67. The maximum Gasteiger partial charge on any atom is 0.245 e. The Kier molecular flexibility index (Phi) is 8.29.